The minimum atomic E-state index is 0.522. The molecular formula is C46H28N4. The molecule has 1 heterocycles. The average molecular weight is 637 g/mol. The smallest absolute Gasteiger partial charge is 0.188 e. The van der Waals surface area contributed by atoms with Gasteiger partial charge in [0.1, 0.15) is 0 Å². The Morgan fingerprint density at radius 1 is 0.300 bits per heavy atom. The van der Waals surface area contributed by atoms with Crippen LogP contribution in [0.5, 0.6) is 0 Å². The molecule has 0 unspecified atom stereocenters. The van der Waals surface area contributed by atoms with Crippen molar-refractivity contribution in [2.24, 2.45) is 0 Å². The molecule has 9 aromatic rings. The number of hydrogen-bond donors (Lipinski definition) is 0. The fourth-order valence-electron chi connectivity index (χ4n) is 6.87. The van der Waals surface area contributed by atoms with E-state index >= 15 is 0 Å². The normalized spacial score (nSPS) is 11.2. The molecular weight excluding hydrogens is 609 g/mol. The van der Waals surface area contributed by atoms with Crippen LogP contribution in [0.3, 0.4) is 0 Å². The highest BCUT2D eigenvalue weighted by Gasteiger charge is 2.15. The van der Waals surface area contributed by atoms with E-state index in [1.165, 1.54) is 32.3 Å². The fraction of sp³-hybridized carbons (Fsp3) is 0. The Morgan fingerprint density at radius 2 is 0.700 bits per heavy atom. The van der Waals surface area contributed by atoms with E-state index in [0.717, 1.165) is 38.9 Å². The number of benzene rings is 8. The van der Waals surface area contributed by atoms with Gasteiger partial charge in [-0.15, -0.1) is 0 Å². The summed E-state index contributed by atoms with van der Waals surface area (Å²) < 4.78 is 0. The van der Waals surface area contributed by atoms with E-state index in [1.54, 1.807) is 0 Å². The third-order valence-corrected chi connectivity index (χ3v) is 9.28. The van der Waals surface area contributed by atoms with Crippen molar-refractivity contribution in [2.75, 3.05) is 0 Å². The Hall–Kier alpha value is -6.96. The molecule has 9 rings (SSSR count). The lowest BCUT2D eigenvalue weighted by atomic mass is 9.91. The average Bonchev–Trinajstić information content (AvgIpc) is 3.21. The number of fused-ring (bicyclic) bond motifs is 6. The summed E-state index contributed by atoms with van der Waals surface area (Å²) in [5, 5.41) is 7.51. The topological polar surface area (TPSA) is 43.0 Å². The molecule has 4 heteroatoms. The van der Waals surface area contributed by atoms with E-state index in [2.05, 4.69) is 102 Å². The fourth-order valence-corrected chi connectivity index (χ4v) is 6.87. The Bertz CT molecular complexity index is 2670. The molecule has 0 aliphatic rings. The van der Waals surface area contributed by atoms with Crippen molar-refractivity contribution in [2.45, 2.75) is 0 Å². The van der Waals surface area contributed by atoms with Crippen LogP contribution in [-0.4, -0.2) is 15.0 Å². The highest BCUT2D eigenvalue weighted by atomic mass is 15.0. The zero-order valence-corrected chi connectivity index (χ0v) is 27.0. The molecule has 0 bridgehead atoms. The van der Waals surface area contributed by atoms with Gasteiger partial charge in [-0.25, -0.2) is 19.8 Å². The molecule has 0 N–H and O–H groups in total. The summed E-state index contributed by atoms with van der Waals surface area (Å²) in [7, 11) is 0. The Morgan fingerprint density at radius 3 is 1.26 bits per heavy atom. The van der Waals surface area contributed by atoms with Gasteiger partial charge in [-0.1, -0.05) is 140 Å². The largest absolute Gasteiger partial charge is 0.238 e. The summed E-state index contributed by atoms with van der Waals surface area (Å²) in [5.74, 6) is 1.69. The zero-order valence-electron chi connectivity index (χ0n) is 27.0. The maximum atomic E-state index is 7.96. The minimum absolute atomic E-state index is 0.522. The van der Waals surface area contributed by atoms with Crippen LogP contribution in [0.15, 0.2) is 170 Å². The molecule has 0 saturated heterocycles. The van der Waals surface area contributed by atoms with Crippen molar-refractivity contribution in [3.05, 3.63) is 181 Å². The first-order chi connectivity index (χ1) is 24.7. The van der Waals surface area contributed by atoms with Crippen molar-refractivity contribution >= 4 is 38.0 Å². The van der Waals surface area contributed by atoms with E-state index in [1.807, 2.05) is 72.8 Å². The SMILES string of the molecule is [C-]#[N+]c1cc(-c2cccc(-c3ccc4c5ccccc5c5ccccc5c4c3)c2)cc(-c2nc(-c3ccccc3)nc(-c3ccccc3)n2)c1. The van der Waals surface area contributed by atoms with Gasteiger partial charge in [-0.2, -0.15) is 0 Å². The molecule has 1 aromatic heterocycles. The minimum Gasteiger partial charge on any atom is -0.238 e. The summed E-state index contributed by atoms with van der Waals surface area (Å²) >= 11 is 0. The van der Waals surface area contributed by atoms with Crippen LogP contribution in [-0.2, 0) is 0 Å². The highest BCUT2D eigenvalue weighted by molar-refractivity contribution is 6.25. The maximum absolute atomic E-state index is 7.96. The van der Waals surface area contributed by atoms with Gasteiger partial charge < -0.3 is 0 Å². The molecule has 0 aliphatic heterocycles. The first kappa shape index (κ1) is 29.2. The Balaban J connectivity index is 1.17. The molecule has 0 radical (unpaired) electrons. The van der Waals surface area contributed by atoms with E-state index < -0.39 is 0 Å². The first-order valence-electron chi connectivity index (χ1n) is 16.6. The summed E-state index contributed by atoms with van der Waals surface area (Å²) in [6.45, 7) is 7.96. The van der Waals surface area contributed by atoms with Crippen LogP contribution in [0.2, 0.25) is 0 Å². The van der Waals surface area contributed by atoms with Gasteiger partial charge in [0.2, 0.25) is 0 Å². The molecule has 0 amide bonds. The predicted molar refractivity (Wildman–Crippen MR) is 206 cm³/mol. The van der Waals surface area contributed by atoms with Gasteiger partial charge in [0, 0.05) is 16.7 Å². The lowest BCUT2D eigenvalue weighted by Crippen LogP contribution is -2.00. The molecule has 0 saturated carbocycles. The van der Waals surface area contributed by atoms with Crippen molar-refractivity contribution in [3.8, 4) is 56.4 Å². The molecule has 0 spiro atoms. The van der Waals surface area contributed by atoms with E-state index in [9.17, 15) is 0 Å². The number of rotatable bonds is 5. The van der Waals surface area contributed by atoms with Crippen LogP contribution in [0.4, 0.5) is 5.69 Å². The Kier molecular flexibility index (Phi) is 7.15. The lowest BCUT2D eigenvalue weighted by Gasteiger charge is -2.13. The molecule has 0 fully saturated rings. The monoisotopic (exact) mass is 636 g/mol. The van der Waals surface area contributed by atoms with Crippen LogP contribution in [0.1, 0.15) is 0 Å². The van der Waals surface area contributed by atoms with Crippen molar-refractivity contribution < 1.29 is 0 Å². The van der Waals surface area contributed by atoms with Gasteiger partial charge >= 0.3 is 0 Å². The van der Waals surface area contributed by atoms with E-state index in [4.69, 9.17) is 21.5 Å². The quantitative estimate of drug-likeness (QED) is 0.139. The summed E-state index contributed by atoms with van der Waals surface area (Å²) in [5.41, 5.74) is 7.27. The molecule has 8 aromatic carbocycles. The highest BCUT2D eigenvalue weighted by Crippen LogP contribution is 2.38. The maximum Gasteiger partial charge on any atom is 0.188 e. The van der Waals surface area contributed by atoms with Gasteiger partial charge in [0.05, 0.1) is 6.57 Å². The van der Waals surface area contributed by atoms with Crippen LogP contribution in [0.25, 0.3) is 93.6 Å². The summed E-state index contributed by atoms with van der Waals surface area (Å²) in [6, 6.07) is 58.3. The molecule has 0 aliphatic carbocycles. The standard InChI is InChI=1S/C46H28N4/c1-47-37-27-35(26-36(28-37)46-49-44(30-13-4-2-5-14-30)48-45(50-46)31-15-6-3-7-16-31)33-18-12-17-32(25-33)34-23-24-42-40-21-9-8-19-38(40)39-20-10-11-22-41(39)43(42)29-34/h2-29H. The third kappa shape index (κ3) is 5.24. The van der Waals surface area contributed by atoms with Crippen molar-refractivity contribution in [1.82, 2.24) is 15.0 Å². The second kappa shape index (κ2) is 12.2. The van der Waals surface area contributed by atoms with Crippen LogP contribution < -0.4 is 0 Å². The van der Waals surface area contributed by atoms with Crippen molar-refractivity contribution in [3.63, 3.8) is 0 Å². The molecule has 0 atom stereocenters. The summed E-state index contributed by atoms with van der Waals surface area (Å²) in [6.07, 6.45) is 0. The second-order valence-electron chi connectivity index (χ2n) is 12.4. The third-order valence-electron chi connectivity index (χ3n) is 9.28. The summed E-state index contributed by atoms with van der Waals surface area (Å²) in [4.78, 5) is 18.5. The van der Waals surface area contributed by atoms with Gasteiger partial charge in [0.15, 0.2) is 23.2 Å². The van der Waals surface area contributed by atoms with E-state index in [-0.39, 0.29) is 0 Å². The van der Waals surface area contributed by atoms with Gasteiger partial charge in [0.25, 0.3) is 0 Å². The van der Waals surface area contributed by atoms with Gasteiger partial charge in [-0.05, 0) is 84.9 Å². The zero-order chi connectivity index (χ0) is 33.4. The Labute approximate surface area is 289 Å². The van der Waals surface area contributed by atoms with Gasteiger partial charge in [-0.3, -0.25) is 0 Å². The lowest BCUT2D eigenvalue weighted by molar-refractivity contribution is 1.07. The molecule has 232 valence electrons. The number of nitrogens with zero attached hydrogens (tertiary/aromatic N) is 4. The molecule has 4 nitrogen and oxygen atoms in total. The van der Waals surface area contributed by atoms with E-state index in [0.29, 0.717) is 23.2 Å². The molecule has 50 heavy (non-hydrogen) atoms. The van der Waals surface area contributed by atoms with Crippen LogP contribution >= 0.6 is 0 Å². The number of hydrogen-bond acceptors (Lipinski definition) is 3. The van der Waals surface area contributed by atoms with Crippen LogP contribution in [0, 0.1) is 6.57 Å². The van der Waals surface area contributed by atoms with Crippen molar-refractivity contribution in [1.29, 1.82) is 0 Å². The second-order valence-corrected chi connectivity index (χ2v) is 12.4. The number of aromatic nitrogens is 3. The predicted octanol–water partition coefficient (Wildman–Crippen LogP) is 12.2. The first-order valence-corrected chi connectivity index (χ1v) is 16.6.